The normalized spacial score (nSPS) is 22.2. The van der Waals surface area contributed by atoms with Gasteiger partial charge in [0.05, 0.1) is 46.6 Å². The van der Waals surface area contributed by atoms with Crippen LogP contribution in [-0.4, -0.2) is 81.6 Å². The second kappa shape index (κ2) is 20.2. The molecule has 2 saturated carbocycles. The molecule has 4 aliphatic rings. The number of fused-ring (bicyclic) bond motifs is 3. The molecule has 346 valence electrons. The van der Waals surface area contributed by atoms with E-state index in [1.165, 1.54) is 24.6 Å². The van der Waals surface area contributed by atoms with E-state index in [1.54, 1.807) is 28.6 Å². The van der Waals surface area contributed by atoms with Crippen LogP contribution in [0.25, 0.3) is 11.0 Å². The first-order valence-electron chi connectivity index (χ1n) is 23.6. The van der Waals surface area contributed by atoms with E-state index in [1.807, 2.05) is 6.07 Å². The van der Waals surface area contributed by atoms with Gasteiger partial charge >= 0.3 is 6.09 Å². The molecule has 5 aromatic rings. The van der Waals surface area contributed by atoms with Crippen molar-refractivity contribution in [2.24, 2.45) is 5.92 Å². The maximum atomic E-state index is 13.1. The Labute approximate surface area is 396 Å². The van der Waals surface area contributed by atoms with Gasteiger partial charge in [0, 0.05) is 54.6 Å². The highest BCUT2D eigenvalue weighted by Crippen LogP contribution is 2.45. The number of amides is 2. The molecule has 66 heavy (non-hydrogen) atoms. The lowest BCUT2D eigenvalue weighted by Crippen LogP contribution is -2.40. The van der Waals surface area contributed by atoms with E-state index in [2.05, 4.69) is 87.4 Å². The smallest absolute Gasteiger partial charge is 0.424 e. The molecule has 2 atom stereocenters. The number of rotatable bonds is 11. The summed E-state index contributed by atoms with van der Waals surface area (Å²) in [5.74, 6) is 2.74. The number of methoxy groups -OCH3 is 1. The summed E-state index contributed by atoms with van der Waals surface area (Å²) in [6, 6.07) is 26.0. The van der Waals surface area contributed by atoms with Crippen molar-refractivity contribution in [3.8, 4) is 11.8 Å². The Morgan fingerprint density at radius 1 is 0.939 bits per heavy atom. The number of piperidine rings is 1. The van der Waals surface area contributed by atoms with Crippen LogP contribution >= 0.6 is 23.5 Å². The first-order valence-corrected chi connectivity index (χ1v) is 24.7. The average molecular weight is 932 g/mol. The Kier molecular flexibility index (Phi) is 14.0. The number of hydrogen-bond donors (Lipinski definition) is 1. The maximum Gasteiger partial charge on any atom is 0.424 e. The van der Waals surface area contributed by atoms with Crippen molar-refractivity contribution in [3.63, 3.8) is 0 Å². The summed E-state index contributed by atoms with van der Waals surface area (Å²) < 4.78 is 22.2. The number of nitrogens with zero attached hydrogens (tertiary/aromatic N) is 7. The molecule has 1 N–H and O–H groups in total. The molecule has 0 radical (unpaired) electrons. The lowest BCUT2D eigenvalue weighted by molar-refractivity contribution is -0.00707. The minimum atomic E-state index is -0.367. The number of carbonyl (C=O) groups is 2. The Bertz CT molecular complexity index is 2550. The lowest BCUT2D eigenvalue weighted by Gasteiger charge is -2.35. The fourth-order valence-electron chi connectivity index (χ4n) is 10.1. The summed E-state index contributed by atoms with van der Waals surface area (Å²) in [5, 5.41) is 21.5. The minimum absolute atomic E-state index is 0.0262. The number of nitriles is 1. The number of imidazole rings is 1. The predicted molar refractivity (Wildman–Crippen MR) is 258 cm³/mol. The maximum absolute atomic E-state index is 13.1. The molecule has 2 aromatic heterocycles. The zero-order valence-corrected chi connectivity index (χ0v) is 39.7. The van der Waals surface area contributed by atoms with Gasteiger partial charge in [-0.25, -0.2) is 14.1 Å². The van der Waals surface area contributed by atoms with Gasteiger partial charge in [-0.1, -0.05) is 41.9 Å². The molecule has 2 aliphatic heterocycles. The van der Waals surface area contributed by atoms with Crippen molar-refractivity contribution in [3.05, 3.63) is 106 Å². The van der Waals surface area contributed by atoms with Crippen molar-refractivity contribution in [2.45, 2.75) is 126 Å². The summed E-state index contributed by atoms with van der Waals surface area (Å²) in [7, 11) is 1.44. The van der Waals surface area contributed by atoms with E-state index in [0.29, 0.717) is 27.9 Å². The number of halogens is 1. The Balaban J connectivity index is 0.782. The van der Waals surface area contributed by atoms with Gasteiger partial charge in [0.25, 0.3) is 5.91 Å². The molecular formula is C51H59ClN8O5S. The highest BCUT2D eigenvalue weighted by Gasteiger charge is 2.36. The van der Waals surface area contributed by atoms with Gasteiger partial charge in [0.1, 0.15) is 17.6 Å². The summed E-state index contributed by atoms with van der Waals surface area (Å²) in [5.41, 5.74) is 6.05. The van der Waals surface area contributed by atoms with E-state index in [4.69, 9.17) is 36.1 Å². The largest absolute Gasteiger partial charge is 0.490 e. The fourth-order valence-corrected chi connectivity index (χ4v) is 11.5. The van der Waals surface area contributed by atoms with Crippen LogP contribution in [0.15, 0.2) is 72.8 Å². The van der Waals surface area contributed by atoms with E-state index in [0.717, 1.165) is 137 Å². The van der Waals surface area contributed by atoms with Gasteiger partial charge in [-0.2, -0.15) is 5.26 Å². The van der Waals surface area contributed by atoms with E-state index < -0.39 is 0 Å². The zero-order chi connectivity index (χ0) is 45.8. The van der Waals surface area contributed by atoms with Crippen LogP contribution in [0.5, 0.6) is 5.75 Å². The molecule has 0 bridgehead atoms. The molecular weight excluding hydrogens is 872 g/mol. The van der Waals surface area contributed by atoms with Crippen molar-refractivity contribution in [1.29, 1.82) is 5.26 Å². The molecule has 0 spiro atoms. The average Bonchev–Trinajstić information content (AvgIpc) is 3.63. The van der Waals surface area contributed by atoms with Gasteiger partial charge < -0.3 is 29.0 Å². The topological polar surface area (TPSA) is 148 Å². The van der Waals surface area contributed by atoms with Crippen molar-refractivity contribution < 1.29 is 23.8 Å². The van der Waals surface area contributed by atoms with Crippen molar-refractivity contribution in [1.82, 2.24) is 25.1 Å². The van der Waals surface area contributed by atoms with E-state index in [9.17, 15) is 9.59 Å². The van der Waals surface area contributed by atoms with Crippen LogP contribution in [0.2, 0.25) is 5.02 Å². The molecule has 15 heteroatoms. The Morgan fingerprint density at radius 2 is 1.74 bits per heavy atom. The second-order valence-corrected chi connectivity index (χ2v) is 21.0. The number of benzene rings is 3. The number of aromatic nitrogens is 4. The van der Waals surface area contributed by atoms with Gasteiger partial charge in [-0.05, 0) is 151 Å². The number of hydrogen-bond acceptors (Lipinski definition) is 11. The van der Waals surface area contributed by atoms with Crippen LogP contribution in [0.1, 0.15) is 124 Å². The second-order valence-electron chi connectivity index (χ2n) is 18.9. The summed E-state index contributed by atoms with van der Waals surface area (Å²) in [4.78, 5) is 33.9. The number of aryl methyl sites for hydroxylation is 1. The Morgan fingerprint density at radius 3 is 2.47 bits per heavy atom. The monoisotopic (exact) mass is 930 g/mol. The molecule has 1 unspecified atom stereocenters. The summed E-state index contributed by atoms with van der Waals surface area (Å²) >= 11 is 7.71. The van der Waals surface area contributed by atoms with Crippen LogP contribution in [0.4, 0.5) is 16.3 Å². The van der Waals surface area contributed by atoms with E-state index >= 15 is 0 Å². The van der Waals surface area contributed by atoms with Crippen LogP contribution in [0, 0.1) is 17.2 Å². The number of nitrogens with one attached hydrogen (secondary N) is 1. The Hall–Kier alpha value is -5.36. The quantitative estimate of drug-likeness (QED) is 0.126. The number of anilines is 2. The minimum Gasteiger partial charge on any atom is -0.490 e. The highest BCUT2D eigenvalue weighted by atomic mass is 35.5. The first-order chi connectivity index (χ1) is 32.0. The molecule has 9 rings (SSSR count). The third-order valence-corrected chi connectivity index (χ3v) is 15.4. The van der Waals surface area contributed by atoms with Crippen LogP contribution < -0.4 is 19.3 Å². The summed E-state index contributed by atoms with van der Waals surface area (Å²) in [6.45, 7) is 6.82. The van der Waals surface area contributed by atoms with E-state index in [-0.39, 0.29) is 41.0 Å². The predicted octanol–water partition coefficient (Wildman–Crippen LogP) is 10.4. The lowest BCUT2D eigenvalue weighted by atomic mass is 9.91. The first kappa shape index (κ1) is 45.8. The van der Waals surface area contributed by atoms with Gasteiger partial charge in [0.15, 0.2) is 11.5 Å². The molecule has 3 fully saturated rings. The molecule has 13 nitrogen and oxygen atoms in total. The van der Waals surface area contributed by atoms with Crippen LogP contribution in [0.3, 0.4) is 0 Å². The molecule has 2 amide bonds. The van der Waals surface area contributed by atoms with Gasteiger partial charge in [-0.3, -0.25) is 4.79 Å². The van der Waals surface area contributed by atoms with Crippen molar-refractivity contribution >= 4 is 58.1 Å². The summed E-state index contributed by atoms with van der Waals surface area (Å²) in [6.07, 6.45) is 11.6. The van der Waals surface area contributed by atoms with Crippen molar-refractivity contribution in [2.75, 3.05) is 36.0 Å². The standard InChI is InChI=1S/C51H59ClN8O5S/c1-51(2)25-22-41-44(60(66-51)50(62)63-3)19-20-45-48(41)55-47(28-33-8-5-4-6-9-33)59(45)37-10-7-11-39(29-37)64-32-34-23-26-58(27-24-34)46-21-18-43(56-57-46)49(61)54-36-13-16-38(17-14-36)65-40-15-12-35(31-53)42(52)30-40/h4-6,8-9,12,15,18-21,30,34,36-39H,7,10-11,13-14,16-17,22-29,32H2,1-3H3,(H,54,61)/t36?,37?,38?,39-/m1/s1. The van der Waals surface area contributed by atoms with Gasteiger partial charge in [0.2, 0.25) is 0 Å². The number of ether oxygens (including phenoxy) is 3. The van der Waals surface area contributed by atoms with Gasteiger partial charge in [-0.15, -0.1) is 10.2 Å². The molecule has 4 heterocycles. The molecule has 2 aliphatic carbocycles. The highest BCUT2D eigenvalue weighted by molar-refractivity contribution is 8.02. The fraction of sp³-hybridized carbons (Fsp3) is 0.490. The number of carbonyl (C=O) groups excluding carboxylic acids is 2. The SMILES string of the molecule is COC(=O)N1SC(C)(C)CCc2c1ccc1c2nc(Cc2ccccc2)n1C1CCC[C@@H](OCC2CCN(c3ccc(C(=O)NC4CCC(Oc5ccc(C#N)c(Cl)c5)CC4)nn3)CC2)C1. The van der Waals surface area contributed by atoms with Crippen LogP contribution in [-0.2, 0) is 22.3 Å². The molecule has 3 aromatic carbocycles. The third-order valence-electron chi connectivity index (χ3n) is 13.8. The third kappa shape index (κ3) is 10.4. The molecule has 1 saturated heterocycles. The zero-order valence-electron chi connectivity index (χ0n) is 38.1.